The second kappa shape index (κ2) is 5.19. The summed E-state index contributed by atoms with van der Waals surface area (Å²) in [5.74, 6) is 1.07. The third kappa shape index (κ3) is 3.37. The van der Waals surface area contributed by atoms with Crippen LogP contribution in [0.1, 0.15) is 33.3 Å². The summed E-state index contributed by atoms with van der Waals surface area (Å²) in [6, 6.07) is 6.63. The van der Waals surface area contributed by atoms with Crippen molar-refractivity contribution in [2.24, 2.45) is 0 Å². The van der Waals surface area contributed by atoms with Gasteiger partial charge in [0.25, 0.3) is 0 Å². The summed E-state index contributed by atoms with van der Waals surface area (Å²) < 4.78 is 8.10. The zero-order valence-corrected chi connectivity index (χ0v) is 12.4. The topological polar surface area (TPSA) is 9.23 Å². The SMILES string of the molecule is CC[I-]c1cc(C(C)(C)C)ccc1OC. The van der Waals surface area contributed by atoms with Crippen molar-refractivity contribution in [2.75, 3.05) is 11.5 Å². The summed E-state index contributed by atoms with van der Waals surface area (Å²) in [5, 5.41) is 0. The van der Waals surface area contributed by atoms with Crippen molar-refractivity contribution in [1.82, 2.24) is 0 Å². The number of halogens is 1. The van der Waals surface area contributed by atoms with Crippen LogP contribution in [0.3, 0.4) is 0 Å². The van der Waals surface area contributed by atoms with E-state index in [0.29, 0.717) is 0 Å². The van der Waals surface area contributed by atoms with Crippen molar-refractivity contribution >= 4 is 0 Å². The Morgan fingerprint density at radius 2 is 1.93 bits per heavy atom. The van der Waals surface area contributed by atoms with Gasteiger partial charge in [0.05, 0.1) is 0 Å². The molecule has 0 heterocycles. The molecule has 1 nitrogen and oxygen atoms in total. The van der Waals surface area contributed by atoms with Crippen LogP contribution in [0.25, 0.3) is 0 Å². The van der Waals surface area contributed by atoms with Gasteiger partial charge in [-0.25, -0.2) is 0 Å². The maximum absolute atomic E-state index is 5.39. The molecule has 15 heavy (non-hydrogen) atoms. The van der Waals surface area contributed by atoms with Crippen LogP contribution in [-0.4, -0.2) is 11.5 Å². The Kier molecular flexibility index (Phi) is 4.44. The molecular weight excluding hydrogens is 299 g/mol. The Morgan fingerprint density at radius 1 is 1.27 bits per heavy atom. The fourth-order valence-electron chi connectivity index (χ4n) is 1.38. The van der Waals surface area contributed by atoms with Crippen molar-refractivity contribution in [2.45, 2.75) is 33.1 Å². The Hall–Kier alpha value is -0.250. The van der Waals surface area contributed by atoms with Crippen LogP contribution in [-0.2, 0) is 5.41 Å². The van der Waals surface area contributed by atoms with E-state index in [4.69, 9.17) is 4.74 Å². The third-order valence-electron chi connectivity index (χ3n) is 2.30. The third-order valence-corrected chi connectivity index (χ3v) is 4.72. The fraction of sp³-hybridized carbons (Fsp3) is 0.538. The Balaban J connectivity index is 3.10. The zero-order chi connectivity index (χ0) is 11.5. The summed E-state index contributed by atoms with van der Waals surface area (Å²) in [6.45, 7) is 9.01. The predicted molar refractivity (Wildman–Crippen MR) is 60.9 cm³/mol. The zero-order valence-electron chi connectivity index (χ0n) is 10.2. The van der Waals surface area contributed by atoms with Crippen LogP contribution in [0.5, 0.6) is 5.75 Å². The Bertz CT molecular complexity index is 326. The minimum absolute atomic E-state index is 0.112. The van der Waals surface area contributed by atoms with E-state index >= 15 is 0 Å². The molecule has 0 N–H and O–H groups in total. The molecule has 1 rings (SSSR count). The molecule has 0 aliphatic heterocycles. The molecule has 0 amide bonds. The normalized spacial score (nSPS) is 11.8. The quantitative estimate of drug-likeness (QED) is 0.574. The van der Waals surface area contributed by atoms with Gasteiger partial charge in [-0.05, 0) is 0 Å². The molecule has 0 fully saturated rings. The minimum atomic E-state index is 0.112. The molecule has 0 saturated carbocycles. The van der Waals surface area contributed by atoms with Crippen molar-refractivity contribution in [3.63, 3.8) is 0 Å². The number of benzene rings is 1. The summed E-state index contributed by atoms with van der Waals surface area (Å²) in [6.07, 6.45) is 0. The molecule has 0 aliphatic carbocycles. The number of methoxy groups -OCH3 is 1. The fourth-order valence-corrected chi connectivity index (χ4v) is 3.53. The van der Waals surface area contributed by atoms with E-state index in [-0.39, 0.29) is 26.6 Å². The molecule has 0 atom stereocenters. The molecular formula is C13H20IO-. The molecule has 0 radical (unpaired) electrons. The molecule has 1 aromatic carbocycles. The van der Waals surface area contributed by atoms with Crippen LogP contribution in [0.2, 0.25) is 0 Å². The van der Waals surface area contributed by atoms with Gasteiger partial charge < -0.3 is 0 Å². The average molecular weight is 319 g/mol. The van der Waals surface area contributed by atoms with Crippen molar-refractivity contribution in [3.05, 3.63) is 27.3 Å². The first-order valence-corrected chi connectivity index (χ1v) is 7.87. The first-order valence-electron chi connectivity index (χ1n) is 5.26. The first-order chi connectivity index (χ1) is 6.99. The molecule has 0 spiro atoms. The number of ether oxygens (including phenoxy) is 1. The van der Waals surface area contributed by atoms with Crippen LogP contribution in [0.15, 0.2) is 18.2 Å². The van der Waals surface area contributed by atoms with Gasteiger partial charge in [0.1, 0.15) is 0 Å². The molecule has 0 aliphatic rings. The molecule has 0 bridgehead atoms. The number of hydrogen-bond acceptors (Lipinski definition) is 1. The molecule has 0 unspecified atom stereocenters. The Morgan fingerprint density at radius 3 is 2.40 bits per heavy atom. The molecule has 0 saturated heterocycles. The monoisotopic (exact) mass is 319 g/mol. The molecule has 2 heteroatoms. The van der Waals surface area contributed by atoms with Crippen LogP contribution in [0, 0.1) is 3.57 Å². The molecule has 0 aromatic heterocycles. The van der Waals surface area contributed by atoms with Gasteiger partial charge in [0.15, 0.2) is 0 Å². The van der Waals surface area contributed by atoms with Gasteiger partial charge in [0.2, 0.25) is 0 Å². The van der Waals surface area contributed by atoms with E-state index in [1.807, 2.05) is 0 Å². The molecule has 1 aromatic rings. The van der Waals surface area contributed by atoms with Crippen LogP contribution in [0.4, 0.5) is 0 Å². The number of alkyl halides is 1. The Labute approximate surface area is 103 Å². The summed E-state index contributed by atoms with van der Waals surface area (Å²) in [7, 11) is 1.76. The van der Waals surface area contributed by atoms with Crippen molar-refractivity contribution < 1.29 is 25.9 Å². The average Bonchev–Trinajstić information content (AvgIpc) is 2.17. The number of rotatable bonds is 3. The van der Waals surface area contributed by atoms with Crippen LogP contribution < -0.4 is 25.9 Å². The van der Waals surface area contributed by atoms with Crippen molar-refractivity contribution in [1.29, 1.82) is 0 Å². The van der Waals surface area contributed by atoms with E-state index in [2.05, 4.69) is 45.9 Å². The van der Waals surface area contributed by atoms with Gasteiger partial charge in [-0.3, -0.25) is 0 Å². The van der Waals surface area contributed by atoms with Gasteiger partial charge in [-0.2, -0.15) is 0 Å². The van der Waals surface area contributed by atoms with Crippen molar-refractivity contribution in [3.8, 4) is 5.75 Å². The predicted octanol–water partition coefficient (Wildman–Crippen LogP) is 0.271. The van der Waals surface area contributed by atoms with Gasteiger partial charge >= 0.3 is 104 Å². The van der Waals surface area contributed by atoms with E-state index in [1.165, 1.54) is 13.6 Å². The maximum atomic E-state index is 5.39. The molecule has 86 valence electrons. The van der Waals surface area contributed by atoms with Gasteiger partial charge in [0, 0.05) is 0 Å². The summed E-state index contributed by atoms with van der Waals surface area (Å²) in [4.78, 5) is 0. The first kappa shape index (κ1) is 12.8. The van der Waals surface area contributed by atoms with E-state index in [1.54, 1.807) is 7.11 Å². The van der Waals surface area contributed by atoms with E-state index < -0.39 is 0 Å². The van der Waals surface area contributed by atoms with Gasteiger partial charge in [-0.1, -0.05) is 0 Å². The second-order valence-corrected chi connectivity index (χ2v) is 7.95. The summed E-state index contributed by atoms with van der Waals surface area (Å²) >= 11 is 0.112. The van der Waals surface area contributed by atoms with E-state index in [0.717, 1.165) is 5.75 Å². The summed E-state index contributed by atoms with van der Waals surface area (Å²) in [5.41, 5.74) is 1.64. The van der Waals surface area contributed by atoms with Crippen LogP contribution >= 0.6 is 0 Å². The van der Waals surface area contributed by atoms with E-state index in [9.17, 15) is 0 Å². The number of hydrogen-bond donors (Lipinski definition) is 0. The standard InChI is InChI=1S/C13H20IO/c1-6-14-11-9-10(13(2,3)4)7-8-12(11)15-5/h7-9H,6H2,1-5H3/q-1. The second-order valence-electron chi connectivity index (χ2n) is 4.50. The van der Waals surface area contributed by atoms with Gasteiger partial charge in [-0.15, -0.1) is 0 Å².